The highest BCUT2D eigenvalue weighted by molar-refractivity contribution is 6.25. The Morgan fingerprint density at radius 3 is 2.13 bits per heavy atom. The minimum atomic E-state index is -0.231. The van der Waals surface area contributed by atoms with Gasteiger partial charge in [0.1, 0.15) is 0 Å². The topological polar surface area (TPSA) is 89.4 Å². The minimum absolute atomic E-state index is 0.0490. The number of rotatable bonds is 6. The Kier molecular flexibility index (Phi) is 4.41. The fourth-order valence-electron chi connectivity index (χ4n) is 3.10. The fraction of sp³-hybridized carbons (Fsp3) is 0.333. The average Bonchev–Trinajstić information content (AvgIpc) is 2.57. The SMILES string of the molecule is NCCCC(N)CCN1C(=O)c2cccc3cccc(c23)C1=O. The molecule has 120 valence electrons. The van der Waals surface area contributed by atoms with Crippen LogP contribution in [0.15, 0.2) is 36.4 Å². The number of carbonyl (C=O) groups is 2. The molecule has 1 aliphatic rings. The van der Waals surface area contributed by atoms with Gasteiger partial charge in [-0.15, -0.1) is 0 Å². The Morgan fingerprint density at radius 1 is 0.957 bits per heavy atom. The summed E-state index contributed by atoms with van der Waals surface area (Å²) < 4.78 is 0. The van der Waals surface area contributed by atoms with Gasteiger partial charge in [-0.1, -0.05) is 24.3 Å². The summed E-state index contributed by atoms with van der Waals surface area (Å²) in [6, 6.07) is 11.0. The number of nitrogens with two attached hydrogens (primary N) is 2. The van der Waals surface area contributed by atoms with Crippen molar-refractivity contribution in [1.82, 2.24) is 4.90 Å². The van der Waals surface area contributed by atoms with E-state index in [1.54, 1.807) is 12.1 Å². The Hall–Kier alpha value is -2.24. The molecule has 5 heteroatoms. The summed E-state index contributed by atoms with van der Waals surface area (Å²) in [6.07, 6.45) is 2.25. The summed E-state index contributed by atoms with van der Waals surface area (Å²) in [4.78, 5) is 26.7. The number of imide groups is 1. The summed E-state index contributed by atoms with van der Waals surface area (Å²) in [7, 11) is 0. The molecule has 0 aromatic heterocycles. The molecule has 2 aromatic rings. The minimum Gasteiger partial charge on any atom is -0.330 e. The first kappa shape index (κ1) is 15.6. The molecule has 2 aromatic carbocycles. The van der Waals surface area contributed by atoms with Crippen molar-refractivity contribution in [3.05, 3.63) is 47.5 Å². The van der Waals surface area contributed by atoms with E-state index in [1.165, 1.54) is 4.90 Å². The van der Waals surface area contributed by atoms with E-state index in [4.69, 9.17) is 11.5 Å². The zero-order valence-corrected chi connectivity index (χ0v) is 13.0. The Balaban J connectivity index is 1.86. The Morgan fingerprint density at radius 2 is 1.57 bits per heavy atom. The predicted octanol–water partition coefficient (Wildman–Crippen LogP) is 1.89. The first-order valence-corrected chi connectivity index (χ1v) is 7.97. The van der Waals surface area contributed by atoms with Crippen LogP contribution in [0.25, 0.3) is 10.8 Å². The molecular weight excluding hydrogens is 290 g/mol. The van der Waals surface area contributed by atoms with E-state index in [0.29, 0.717) is 30.6 Å². The normalized spacial score (nSPS) is 15.3. The van der Waals surface area contributed by atoms with Crippen molar-refractivity contribution >= 4 is 22.6 Å². The highest BCUT2D eigenvalue weighted by Crippen LogP contribution is 2.30. The lowest BCUT2D eigenvalue weighted by molar-refractivity contribution is 0.0606. The molecule has 0 aliphatic carbocycles. The van der Waals surface area contributed by atoms with Crippen LogP contribution < -0.4 is 11.5 Å². The van der Waals surface area contributed by atoms with Crippen molar-refractivity contribution in [3.8, 4) is 0 Å². The number of hydrogen-bond acceptors (Lipinski definition) is 4. The number of benzene rings is 2. The first-order valence-electron chi connectivity index (χ1n) is 7.97. The first-order chi connectivity index (χ1) is 11.1. The second-order valence-corrected chi connectivity index (χ2v) is 5.95. The van der Waals surface area contributed by atoms with Crippen molar-refractivity contribution in [2.45, 2.75) is 25.3 Å². The number of carbonyl (C=O) groups excluding carboxylic acids is 2. The Labute approximate surface area is 135 Å². The van der Waals surface area contributed by atoms with E-state index in [1.807, 2.05) is 24.3 Å². The lowest BCUT2D eigenvalue weighted by Gasteiger charge is -2.28. The average molecular weight is 311 g/mol. The number of nitrogens with zero attached hydrogens (tertiary/aromatic N) is 1. The second kappa shape index (κ2) is 6.48. The van der Waals surface area contributed by atoms with Crippen LogP contribution in [-0.2, 0) is 0 Å². The summed E-state index contributed by atoms with van der Waals surface area (Å²) in [5.41, 5.74) is 12.7. The monoisotopic (exact) mass is 311 g/mol. The lowest BCUT2D eigenvalue weighted by atomic mass is 9.94. The summed E-state index contributed by atoms with van der Waals surface area (Å²) in [5.74, 6) is -0.462. The summed E-state index contributed by atoms with van der Waals surface area (Å²) in [5, 5.41) is 1.68. The van der Waals surface area contributed by atoms with Crippen LogP contribution in [-0.4, -0.2) is 35.8 Å². The number of amides is 2. The molecule has 0 bridgehead atoms. The molecule has 23 heavy (non-hydrogen) atoms. The molecule has 0 fully saturated rings. The molecule has 2 amide bonds. The zero-order valence-electron chi connectivity index (χ0n) is 13.0. The molecule has 0 saturated heterocycles. The van der Waals surface area contributed by atoms with Crippen LogP contribution in [0.4, 0.5) is 0 Å². The van der Waals surface area contributed by atoms with Gasteiger partial charge >= 0.3 is 0 Å². The molecule has 0 spiro atoms. The Bertz CT molecular complexity index is 706. The van der Waals surface area contributed by atoms with Crippen molar-refractivity contribution in [1.29, 1.82) is 0 Å². The summed E-state index contributed by atoms with van der Waals surface area (Å²) in [6.45, 7) is 0.943. The van der Waals surface area contributed by atoms with Crippen molar-refractivity contribution in [2.24, 2.45) is 11.5 Å². The van der Waals surface area contributed by atoms with E-state index in [9.17, 15) is 9.59 Å². The van der Waals surface area contributed by atoms with Gasteiger partial charge in [-0.25, -0.2) is 0 Å². The maximum absolute atomic E-state index is 12.7. The van der Waals surface area contributed by atoms with Crippen LogP contribution in [0.2, 0.25) is 0 Å². The van der Waals surface area contributed by atoms with Crippen LogP contribution >= 0.6 is 0 Å². The van der Waals surface area contributed by atoms with Crippen LogP contribution in [0.3, 0.4) is 0 Å². The zero-order chi connectivity index (χ0) is 16.4. The van der Waals surface area contributed by atoms with Gasteiger partial charge in [-0.2, -0.15) is 0 Å². The maximum Gasteiger partial charge on any atom is 0.261 e. The van der Waals surface area contributed by atoms with Gasteiger partial charge in [-0.3, -0.25) is 14.5 Å². The molecule has 0 saturated carbocycles. The van der Waals surface area contributed by atoms with Gasteiger partial charge in [0.15, 0.2) is 0 Å². The summed E-state index contributed by atoms with van der Waals surface area (Å²) >= 11 is 0. The third-order valence-electron chi connectivity index (χ3n) is 4.36. The third-order valence-corrected chi connectivity index (χ3v) is 4.36. The molecule has 4 N–H and O–H groups in total. The standard InChI is InChI=1S/C18H21N3O2/c19-10-3-6-13(20)9-11-21-17(22)14-7-1-4-12-5-2-8-15(16(12)14)18(21)23/h1-2,4-5,7-8,13H,3,6,9-11,19-20H2. The van der Waals surface area contributed by atoms with Gasteiger partial charge in [0.25, 0.3) is 11.8 Å². The molecule has 0 radical (unpaired) electrons. The lowest BCUT2D eigenvalue weighted by Crippen LogP contribution is -2.42. The molecule has 1 aliphatic heterocycles. The third kappa shape index (κ3) is 2.85. The van der Waals surface area contributed by atoms with Crippen LogP contribution in [0, 0.1) is 0 Å². The maximum atomic E-state index is 12.7. The van der Waals surface area contributed by atoms with E-state index < -0.39 is 0 Å². The number of hydrogen-bond donors (Lipinski definition) is 2. The van der Waals surface area contributed by atoms with Crippen LogP contribution in [0.1, 0.15) is 40.0 Å². The van der Waals surface area contributed by atoms with E-state index >= 15 is 0 Å². The van der Waals surface area contributed by atoms with E-state index in [0.717, 1.165) is 23.6 Å². The quantitative estimate of drug-likeness (QED) is 0.797. The van der Waals surface area contributed by atoms with Gasteiger partial charge in [0.05, 0.1) is 0 Å². The van der Waals surface area contributed by atoms with Crippen molar-refractivity contribution in [2.75, 3.05) is 13.1 Å². The molecule has 5 nitrogen and oxygen atoms in total. The molecule has 1 atom stereocenters. The van der Waals surface area contributed by atoms with Crippen molar-refractivity contribution in [3.63, 3.8) is 0 Å². The van der Waals surface area contributed by atoms with E-state index in [2.05, 4.69) is 0 Å². The van der Waals surface area contributed by atoms with Gasteiger partial charge in [-0.05, 0) is 43.3 Å². The molecule has 1 heterocycles. The highest BCUT2D eigenvalue weighted by Gasteiger charge is 2.32. The highest BCUT2D eigenvalue weighted by atomic mass is 16.2. The van der Waals surface area contributed by atoms with E-state index in [-0.39, 0.29) is 17.9 Å². The molecule has 3 rings (SSSR count). The van der Waals surface area contributed by atoms with Gasteiger partial charge in [0.2, 0.25) is 0 Å². The predicted molar refractivity (Wildman–Crippen MR) is 90.2 cm³/mol. The van der Waals surface area contributed by atoms with Gasteiger partial charge in [0, 0.05) is 29.1 Å². The second-order valence-electron chi connectivity index (χ2n) is 5.95. The fourth-order valence-corrected chi connectivity index (χ4v) is 3.10. The molecule has 1 unspecified atom stereocenters. The largest absolute Gasteiger partial charge is 0.330 e. The van der Waals surface area contributed by atoms with Gasteiger partial charge < -0.3 is 11.5 Å². The van der Waals surface area contributed by atoms with Crippen LogP contribution in [0.5, 0.6) is 0 Å². The van der Waals surface area contributed by atoms with Crippen molar-refractivity contribution < 1.29 is 9.59 Å². The smallest absolute Gasteiger partial charge is 0.261 e. The molecular formula is C18H21N3O2.